The van der Waals surface area contributed by atoms with E-state index in [2.05, 4.69) is 10.3 Å². The van der Waals surface area contributed by atoms with Crippen LogP contribution in [-0.2, 0) is 0 Å². The van der Waals surface area contributed by atoms with Crippen molar-refractivity contribution in [1.82, 2.24) is 10.3 Å². The van der Waals surface area contributed by atoms with Crippen molar-refractivity contribution in [2.24, 2.45) is 0 Å². The van der Waals surface area contributed by atoms with E-state index < -0.39 is 0 Å². The van der Waals surface area contributed by atoms with Crippen LogP contribution in [-0.4, -0.2) is 11.5 Å². The van der Waals surface area contributed by atoms with Crippen molar-refractivity contribution in [2.75, 3.05) is 6.54 Å². The molecule has 18 heavy (non-hydrogen) atoms. The number of nitrogens with one attached hydrogen (secondary N) is 1. The van der Waals surface area contributed by atoms with Crippen molar-refractivity contribution >= 4 is 22.9 Å². The second-order valence-electron chi connectivity index (χ2n) is 4.33. The zero-order chi connectivity index (χ0) is 12.5. The van der Waals surface area contributed by atoms with Crippen molar-refractivity contribution in [2.45, 2.75) is 18.9 Å². The summed E-state index contributed by atoms with van der Waals surface area (Å²) in [6, 6.07) is 5.33. The van der Waals surface area contributed by atoms with Crippen LogP contribution in [0.4, 0.5) is 4.39 Å². The molecule has 0 saturated carbocycles. The molecule has 0 amide bonds. The number of benzene rings is 1. The van der Waals surface area contributed by atoms with E-state index >= 15 is 0 Å². The highest BCUT2D eigenvalue weighted by molar-refractivity contribution is 7.13. The zero-order valence-corrected chi connectivity index (χ0v) is 11.2. The average molecular weight is 283 g/mol. The molecule has 0 bridgehead atoms. The molecule has 2 nitrogen and oxygen atoms in total. The monoisotopic (exact) mass is 282 g/mol. The summed E-state index contributed by atoms with van der Waals surface area (Å²) in [5, 5.41) is 6.22. The summed E-state index contributed by atoms with van der Waals surface area (Å²) in [7, 11) is 0. The molecule has 1 fully saturated rings. The lowest BCUT2D eigenvalue weighted by atomic mass is 10.2. The largest absolute Gasteiger partial charge is 0.309 e. The smallest absolute Gasteiger partial charge is 0.152 e. The van der Waals surface area contributed by atoms with E-state index in [0.29, 0.717) is 16.6 Å². The minimum atomic E-state index is -0.389. The van der Waals surface area contributed by atoms with Gasteiger partial charge in [0.15, 0.2) is 5.82 Å². The summed E-state index contributed by atoms with van der Waals surface area (Å²) in [5.74, 6) is -0.389. The van der Waals surface area contributed by atoms with E-state index in [0.717, 1.165) is 18.7 Å². The van der Waals surface area contributed by atoms with Crippen molar-refractivity contribution in [3.8, 4) is 10.6 Å². The van der Waals surface area contributed by atoms with Crippen molar-refractivity contribution in [3.05, 3.63) is 40.1 Å². The van der Waals surface area contributed by atoms with Crippen molar-refractivity contribution in [3.63, 3.8) is 0 Å². The maximum Gasteiger partial charge on any atom is 0.152 e. The van der Waals surface area contributed by atoms with Crippen molar-refractivity contribution in [1.29, 1.82) is 0 Å². The molecule has 1 aromatic heterocycles. The minimum Gasteiger partial charge on any atom is -0.309 e. The molecule has 2 heterocycles. The van der Waals surface area contributed by atoms with Gasteiger partial charge < -0.3 is 5.32 Å². The predicted octanol–water partition coefficient (Wildman–Crippen LogP) is 4.03. The number of hydrogen-bond donors (Lipinski definition) is 1. The van der Waals surface area contributed by atoms with Crippen LogP contribution in [0.1, 0.15) is 24.6 Å². The predicted molar refractivity (Wildman–Crippen MR) is 72.5 cm³/mol. The third-order valence-electron chi connectivity index (χ3n) is 3.12. The van der Waals surface area contributed by atoms with Gasteiger partial charge in [0.1, 0.15) is 5.01 Å². The highest BCUT2D eigenvalue weighted by Gasteiger charge is 2.20. The molecule has 3 rings (SSSR count). The van der Waals surface area contributed by atoms with Gasteiger partial charge in [-0.25, -0.2) is 9.37 Å². The van der Waals surface area contributed by atoms with E-state index in [1.165, 1.54) is 17.8 Å². The number of thiazole rings is 1. The summed E-state index contributed by atoms with van der Waals surface area (Å²) in [4.78, 5) is 4.52. The lowest BCUT2D eigenvalue weighted by Gasteiger charge is -2.05. The lowest BCUT2D eigenvalue weighted by molar-refractivity contribution is 0.626. The summed E-state index contributed by atoms with van der Waals surface area (Å²) >= 11 is 7.25. The van der Waals surface area contributed by atoms with Crippen LogP contribution in [0.3, 0.4) is 0 Å². The van der Waals surface area contributed by atoms with E-state index in [-0.39, 0.29) is 10.8 Å². The Morgan fingerprint density at radius 2 is 2.33 bits per heavy atom. The van der Waals surface area contributed by atoms with Crippen LogP contribution in [0.15, 0.2) is 23.6 Å². The van der Waals surface area contributed by atoms with Crippen molar-refractivity contribution < 1.29 is 4.39 Å². The van der Waals surface area contributed by atoms with E-state index in [1.54, 1.807) is 18.2 Å². The molecule has 0 spiro atoms. The highest BCUT2D eigenvalue weighted by atomic mass is 35.5. The summed E-state index contributed by atoms with van der Waals surface area (Å²) in [6.45, 7) is 1.03. The number of hydrogen-bond acceptors (Lipinski definition) is 3. The Kier molecular flexibility index (Phi) is 3.33. The van der Waals surface area contributed by atoms with Gasteiger partial charge in [0.2, 0.25) is 0 Å². The van der Waals surface area contributed by atoms with E-state index in [1.807, 2.05) is 5.38 Å². The molecule has 1 N–H and O–H groups in total. The van der Waals surface area contributed by atoms with Crippen LogP contribution in [0.25, 0.3) is 10.6 Å². The molecule has 1 saturated heterocycles. The molecular weight excluding hydrogens is 271 g/mol. The minimum absolute atomic E-state index is 0.142. The molecule has 5 heteroatoms. The Hall–Kier alpha value is -0.970. The van der Waals surface area contributed by atoms with Crippen LogP contribution >= 0.6 is 22.9 Å². The third kappa shape index (κ3) is 2.16. The second kappa shape index (κ2) is 4.96. The summed E-state index contributed by atoms with van der Waals surface area (Å²) in [5.41, 5.74) is 1.49. The van der Waals surface area contributed by atoms with Gasteiger partial charge in [0.05, 0.1) is 16.8 Å². The number of halogens is 2. The maximum absolute atomic E-state index is 13.9. The van der Waals surface area contributed by atoms with Crippen LogP contribution < -0.4 is 5.32 Å². The topological polar surface area (TPSA) is 24.9 Å². The summed E-state index contributed by atoms with van der Waals surface area (Å²) < 4.78 is 13.9. The molecule has 0 unspecified atom stereocenters. The van der Waals surface area contributed by atoms with Gasteiger partial charge in [-0.1, -0.05) is 17.7 Å². The van der Waals surface area contributed by atoms with Gasteiger partial charge in [-0.05, 0) is 31.5 Å². The fourth-order valence-electron chi connectivity index (χ4n) is 2.18. The lowest BCUT2D eigenvalue weighted by Crippen LogP contribution is -2.12. The van der Waals surface area contributed by atoms with E-state index in [4.69, 9.17) is 11.6 Å². The SMILES string of the molecule is Fc1c(Cl)cccc1-c1nc([C@@H]2CCCN2)cs1. The Balaban J connectivity index is 1.95. The summed E-state index contributed by atoms with van der Waals surface area (Å²) in [6.07, 6.45) is 2.27. The molecule has 94 valence electrons. The standard InChI is InChI=1S/C13H12ClFN2S/c14-9-4-1-3-8(12(9)15)13-17-11(7-18-13)10-5-2-6-16-10/h1,3-4,7,10,16H,2,5-6H2/t10-/m0/s1. The molecule has 1 aliphatic heterocycles. The first kappa shape index (κ1) is 12.1. The number of aromatic nitrogens is 1. The van der Waals surface area contributed by atoms with Crippen LogP contribution in [0.2, 0.25) is 5.02 Å². The first-order valence-electron chi connectivity index (χ1n) is 5.89. The first-order chi connectivity index (χ1) is 8.75. The Morgan fingerprint density at radius 3 is 3.11 bits per heavy atom. The quantitative estimate of drug-likeness (QED) is 0.900. The van der Waals surface area contributed by atoms with Crippen LogP contribution in [0.5, 0.6) is 0 Å². The molecule has 0 radical (unpaired) electrons. The van der Waals surface area contributed by atoms with E-state index in [9.17, 15) is 4.39 Å². The molecule has 1 aliphatic rings. The normalized spacial score (nSPS) is 19.3. The zero-order valence-electron chi connectivity index (χ0n) is 9.62. The van der Waals surface area contributed by atoms with Gasteiger partial charge in [0, 0.05) is 10.9 Å². The number of nitrogens with zero attached hydrogens (tertiary/aromatic N) is 1. The maximum atomic E-state index is 13.9. The fraction of sp³-hybridized carbons (Fsp3) is 0.308. The highest BCUT2D eigenvalue weighted by Crippen LogP contribution is 2.32. The Morgan fingerprint density at radius 1 is 1.44 bits per heavy atom. The molecular formula is C13H12ClFN2S. The molecule has 1 atom stereocenters. The van der Waals surface area contributed by atoms with Gasteiger partial charge in [-0.15, -0.1) is 11.3 Å². The average Bonchev–Trinajstić information content (AvgIpc) is 3.01. The molecule has 1 aromatic carbocycles. The number of rotatable bonds is 2. The van der Waals surface area contributed by atoms with Crippen LogP contribution in [0, 0.1) is 5.82 Å². The fourth-order valence-corrected chi connectivity index (χ4v) is 3.24. The second-order valence-corrected chi connectivity index (χ2v) is 5.59. The van der Waals surface area contributed by atoms with Gasteiger partial charge in [-0.3, -0.25) is 0 Å². The molecule has 2 aromatic rings. The van der Waals surface area contributed by atoms with Gasteiger partial charge in [-0.2, -0.15) is 0 Å². The Labute approximate surface area is 114 Å². The van der Waals surface area contributed by atoms with Gasteiger partial charge in [0.25, 0.3) is 0 Å². The third-order valence-corrected chi connectivity index (χ3v) is 4.31. The Bertz CT molecular complexity index is 564. The first-order valence-corrected chi connectivity index (χ1v) is 7.14. The molecule has 0 aliphatic carbocycles. The van der Waals surface area contributed by atoms with Gasteiger partial charge >= 0.3 is 0 Å².